The van der Waals surface area contributed by atoms with Gasteiger partial charge in [-0.05, 0) is 51.4 Å². The fourth-order valence-corrected chi connectivity index (χ4v) is 3.15. The topological polar surface area (TPSA) is 97.0 Å². The van der Waals surface area contributed by atoms with Crippen LogP contribution in [0.15, 0.2) is 24.3 Å². The second-order valence-electron chi connectivity index (χ2n) is 6.14. The minimum Gasteiger partial charge on any atom is -0.369 e. The molecular formula is C17H22N6O. The molecule has 0 aliphatic carbocycles. The maximum atomic E-state index is 11.2. The minimum atomic E-state index is -0.306. The second-order valence-corrected chi connectivity index (χ2v) is 6.14. The van der Waals surface area contributed by atoms with Crippen LogP contribution in [0.3, 0.4) is 0 Å². The quantitative estimate of drug-likeness (QED) is 0.870. The van der Waals surface area contributed by atoms with Gasteiger partial charge in [0.15, 0.2) is 0 Å². The molecule has 3 heterocycles. The van der Waals surface area contributed by atoms with Crippen LogP contribution >= 0.6 is 0 Å². The molecule has 1 amide bonds. The Hall–Kier alpha value is -2.54. The van der Waals surface area contributed by atoms with E-state index < -0.39 is 0 Å². The first-order chi connectivity index (χ1) is 11.5. The summed E-state index contributed by atoms with van der Waals surface area (Å²) in [5.74, 6) is 0.931. The summed E-state index contributed by atoms with van der Waals surface area (Å²) in [6.07, 6.45) is 2.02. The first-order valence-electron chi connectivity index (χ1n) is 8.10. The molecule has 0 bridgehead atoms. The fourth-order valence-electron chi connectivity index (χ4n) is 3.15. The fraction of sp³-hybridized carbons (Fsp3) is 0.412. The number of carbonyl (C=O) groups excluding carboxylic acids is 1. The third-order valence-corrected chi connectivity index (χ3v) is 4.06. The molecule has 2 aromatic rings. The van der Waals surface area contributed by atoms with Crippen molar-refractivity contribution in [2.75, 3.05) is 18.4 Å². The van der Waals surface area contributed by atoms with Crippen LogP contribution in [0, 0.1) is 13.8 Å². The number of nitrogens with zero attached hydrogens (tertiary/aromatic N) is 4. The summed E-state index contributed by atoms with van der Waals surface area (Å²) in [7, 11) is 0. The van der Waals surface area contributed by atoms with Crippen molar-refractivity contribution in [3.05, 3.63) is 41.3 Å². The third-order valence-electron chi connectivity index (χ3n) is 4.06. The summed E-state index contributed by atoms with van der Waals surface area (Å²) < 4.78 is 0. The summed E-state index contributed by atoms with van der Waals surface area (Å²) in [4.78, 5) is 26.8. The molecule has 24 heavy (non-hydrogen) atoms. The highest BCUT2D eigenvalue weighted by Crippen LogP contribution is 2.31. The van der Waals surface area contributed by atoms with E-state index in [0.717, 1.165) is 36.5 Å². The van der Waals surface area contributed by atoms with Gasteiger partial charge in [-0.25, -0.2) is 15.0 Å². The predicted octanol–water partition coefficient (Wildman–Crippen LogP) is 1.85. The summed E-state index contributed by atoms with van der Waals surface area (Å²) in [6, 6.07) is 7.87. The second kappa shape index (κ2) is 6.92. The van der Waals surface area contributed by atoms with Crippen molar-refractivity contribution < 1.29 is 4.79 Å². The molecule has 0 spiro atoms. The third kappa shape index (κ3) is 3.86. The highest BCUT2D eigenvalue weighted by Gasteiger charge is 2.28. The predicted molar refractivity (Wildman–Crippen MR) is 91.8 cm³/mol. The number of aromatic nitrogens is 3. The Labute approximate surface area is 141 Å². The number of aryl methyl sites for hydroxylation is 2. The molecule has 1 unspecified atom stereocenters. The van der Waals surface area contributed by atoms with E-state index in [1.54, 1.807) is 0 Å². The first kappa shape index (κ1) is 16.3. The Morgan fingerprint density at radius 2 is 2.04 bits per heavy atom. The SMILES string of the molecule is Cc1cc(C)nc(Nc2cccc(C3CCCN3CC(N)=O)n2)n1. The summed E-state index contributed by atoms with van der Waals surface area (Å²) in [5.41, 5.74) is 8.09. The minimum absolute atomic E-state index is 0.124. The van der Waals surface area contributed by atoms with Gasteiger partial charge in [-0.2, -0.15) is 0 Å². The molecule has 7 nitrogen and oxygen atoms in total. The highest BCUT2D eigenvalue weighted by atomic mass is 16.1. The summed E-state index contributed by atoms with van der Waals surface area (Å²) >= 11 is 0. The highest BCUT2D eigenvalue weighted by molar-refractivity contribution is 5.76. The van der Waals surface area contributed by atoms with E-state index in [1.165, 1.54) is 0 Å². The lowest BCUT2D eigenvalue weighted by molar-refractivity contribution is -0.119. The number of anilines is 2. The molecule has 1 aliphatic rings. The van der Waals surface area contributed by atoms with Gasteiger partial charge >= 0.3 is 0 Å². The van der Waals surface area contributed by atoms with Crippen molar-refractivity contribution in [1.82, 2.24) is 19.9 Å². The van der Waals surface area contributed by atoms with E-state index in [-0.39, 0.29) is 18.5 Å². The average Bonchev–Trinajstić information content (AvgIpc) is 2.93. The van der Waals surface area contributed by atoms with Crippen LogP contribution in [0.4, 0.5) is 11.8 Å². The number of likely N-dealkylation sites (tertiary alicyclic amines) is 1. The molecular weight excluding hydrogens is 304 g/mol. The van der Waals surface area contributed by atoms with Gasteiger partial charge in [0.25, 0.3) is 0 Å². The monoisotopic (exact) mass is 326 g/mol. The Bertz CT molecular complexity index is 727. The van der Waals surface area contributed by atoms with Crippen LogP contribution in [-0.2, 0) is 4.79 Å². The van der Waals surface area contributed by atoms with E-state index >= 15 is 0 Å². The van der Waals surface area contributed by atoms with Crippen LogP contribution in [0.1, 0.15) is 36.0 Å². The van der Waals surface area contributed by atoms with E-state index in [4.69, 9.17) is 5.73 Å². The Morgan fingerprint density at radius 3 is 2.75 bits per heavy atom. The van der Waals surface area contributed by atoms with Gasteiger partial charge in [0.1, 0.15) is 5.82 Å². The standard InChI is InChI=1S/C17H22N6O/c1-11-9-12(2)20-17(19-11)22-16-7-3-5-13(21-16)14-6-4-8-23(14)10-15(18)24/h3,5,7,9,14H,4,6,8,10H2,1-2H3,(H2,18,24)(H,19,20,21,22). The summed E-state index contributed by atoms with van der Waals surface area (Å²) in [6.45, 7) is 5.01. The lowest BCUT2D eigenvalue weighted by Gasteiger charge is -2.22. The van der Waals surface area contributed by atoms with E-state index in [1.807, 2.05) is 38.1 Å². The lowest BCUT2D eigenvalue weighted by Crippen LogP contribution is -2.33. The molecule has 3 rings (SSSR count). The van der Waals surface area contributed by atoms with Crippen molar-refractivity contribution in [1.29, 1.82) is 0 Å². The van der Waals surface area contributed by atoms with Gasteiger partial charge in [0, 0.05) is 11.4 Å². The van der Waals surface area contributed by atoms with Crippen molar-refractivity contribution in [3.8, 4) is 0 Å². The molecule has 1 aliphatic heterocycles. The van der Waals surface area contributed by atoms with Crippen molar-refractivity contribution in [3.63, 3.8) is 0 Å². The van der Waals surface area contributed by atoms with Gasteiger partial charge < -0.3 is 11.1 Å². The van der Waals surface area contributed by atoms with Crippen LogP contribution in [0.2, 0.25) is 0 Å². The molecule has 7 heteroatoms. The summed E-state index contributed by atoms with van der Waals surface area (Å²) in [5, 5.41) is 3.16. The zero-order valence-corrected chi connectivity index (χ0v) is 14.0. The van der Waals surface area contributed by atoms with E-state index in [9.17, 15) is 4.79 Å². The Kier molecular flexibility index (Phi) is 4.71. The Morgan fingerprint density at radius 1 is 1.29 bits per heavy atom. The zero-order valence-electron chi connectivity index (χ0n) is 14.0. The average molecular weight is 326 g/mol. The van der Waals surface area contributed by atoms with E-state index in [0.29, 0.717) is 11.8 Å². The van der Waals surface area contributed by atoms with Crippen LogP contribution in [0.25, 0.3) is 0 Å². The zero-order chi connectivity index (χ0) is 17.1. The number of pyridine rings is 1. The van der Waals surface area contributed by atoms with Crippen LogP contribution < -0.4 is 11.1 Å². The van der Waals surface area contributed by atoms with Gasteiger partial charge in [0.05, 0.1) is 18.3 Å². The lowest BCUT2D eigenvalue weighted by atomic mass is 10.1. The van der Waals surface area contributed by atoms with Gasteiger partial charge in [0.2, 0.25) is 11.9 Å². The maximum Gasteiger partial charge on any atom is 0.231 e. The molecule has 126 valence electrons. The molecule has 0 saturated carbocycles. The van der Waals surface area contributed by atoms with Crippen LogP contribution in [-0.4, -0.2) is 38.8 Å². The number of carbonyl (C=O) groups is 1. The molecule has 1 atom stereocenters. The Balaban J connectivity index is 1.80. The van der Waals surface area contributed by atoms with Crippen molar-refractivity contribution >= 4 is 17.7 Å². The van der Waals surface area contributed by atoms with Gasteiger partial charge in [-0.1, -0.05) is 6.07 Å². The normalized spacial score (nSPS) is 17.8. The van der Waals surface area contributed by atoms with Gasteiger partial charge in [-0.15, -0.1) is 0 Å². The molecule has 1 saturated heterocycles. The number of hydrogen-bond acceptors (Lipinski definition) is 6. The number of amides is 1. The molecule has 3 N–H and O–H groups in total. The van der Waals surface area contributed by atoms with Crippen molar-refractivity contribution in [2.45, 2.75) is 32.7 Å². The smallest absolute Gasteiger partial charge is 0.231 e. The number of nitrogens with one attached hydrogen (secondary N) is 1. The largest absolute Gasteiger partial charge is 0.369 e. The maximum absolute atomic E-state index is 11.2. The van der Waals surface area contributed by atoms with Crippen molar-refractivity contribution in [2.24, 2.45) is 5.73 Å². The number of hydrogen-bond donors (Lipinski definition) is 2. The number of primary amides is 1. The van der Waals surface area contributed by atoms with Crippen LogP contribution in [0.5, 0.6) is 0 Å². The molecule has 1 fully saturated rings. The van der Waals surface area contributed by atoms with Gasteiger partial charge in [-0.3, -0.25) is 9.69 Å². The first-order valence-corrected chi connectivity index (χ1v) is 8.10. The van der Waals surface area contributed by atoms with E-state index in [2.05, 4.69) is 25.2 Å². The molecule has 0 radical (unpaired) electrons. The number of nitrogens with two attached hydrogens (primary N) is 1. The molecule has 0 aromatic carbocycles. The number of rotatable bonds is 5. The molecule has 2 aromatic heterocycles.